The minimum absolute atomic E-state index is 0.206. The maximum Gasteiger partial charge on any atom is 0.341 e. The van der Waals surface area contributed by atoms with Gasteiger partial charge in [-0.1, -0.05) is 12.1 Å². The van der Waals surface area contributed by atoms with E-state index in [9.17, 15) is 9.59 Å². The largest absolute Gasteiger partial charge is 0.462 e. The predicted molar refractivity (Wildman–Crippen MR) is 61.7 cm³/mol. The standard InChI is InChI=1S/C12H15NO4/c1-9(14)17-11-6-3-2-5-10(11)12(15)16-8-4-7-13/h2-3,5-6H,4,7-8,13H2,1H3. The second kappa shape index (κ2) is 6.65. The molecule has 0 fully saturated rings. The van der Waals surface area contributed by atoms with Crippen LogP contribution in [-0.2, 0) is 9.53 Å². The fourth-order valence-corrected chi connectivity index (χ4v) is 1.21. The molecular weight excluding hydrogens is 222 g/mol. The summed E-state index contributed by atoms with van der Waals surface area (Å²) in [5, 5.41) is 0. The van der Waals surface area contributed by atoms with E-state index in [1.165, 1.54) is 6.92 Å². The highest BCUT2D eigenvalue weighted by Gasteiger charge is 2.14. The third-order valence-corrected chi connectivity index (χ3v) is 1.94. The van der Waals surface area contributed by atoms with Gasteiger partial charge < -0.3 is 15.2 Å². The van der Waals surface area contributed by atoms with Crippen LogP contribution in [0.25, 0.3) is 0 Å². The van der Waals surface area contributed by atoms with Gasteiger partial charge in [0.25, 0.3) is 0 Å². The molecule has 0 heterocycles. The summed E-state index contributed by atoms with van der Waals surface area (Å²) in [6, 6.07) is 6.44. The van der Waals surface area contributed by atoms with E-state index in [1.54, 1.807) is 24.3 Å². The molecule has 0 saturated heterocycles. The van der Waals surface area contributed by atoms with Crippen molar-refractivity contribution in [2.45, 2.75) is 13.3 Å². The molecule has 0 aliphatic rings. The molecule has 92 valence electrons. The topological polar surface area (TPSA) is 78.6 Å². The van der Waals surface area contributed by atoms with E-state index in [2.05, 4.69) is 0 Å². The van der Waals surface area contributed by atoms with Crippen molar-refractivity contribution >= 4 is 11.9 Å². The molecule has 0 aliphatic carbocycles. The Balaban J connectivity index is 2.74. The summed E-state index contributed by atoms with van der Waals surface area (Å²) in [5.41, 5.74) is 5.52. The third kappa shape index (κ3) is 4.24. The Morgan fingerprint density at radius 3 is 2.65 bits per heavy atom. The number of nitrogens with two attached hydrogens (primary N) is 1. The van der Waals surface area contributed by atoms with Gasteiger partial charge in [-0.15, -0.1) is 0 Å². The van der Waals surface area contributed by atoms with Gasteiger partial charge in [-0.2, -0.15) is 0 Å². The van der Waals surface area contributed by atoms with Gasteiger partial charge in [0.1, 0.15) is 11.3 Å². The second-order valence-electron chi connectivity index (χ2n) is 3.37. The number of carbonyl (C=O) groups excluding carboxylic acids is 2. The molecule has 5 heteroatoms. The molecule has 5 nitrogen and oxygen atoms in total. The number of hydrogen-bond donors (Lipinski definition) is 1. The molecule has 2 N–H and O–H groups in total. The predicted octanol–water partition coefficient (Wildman–Crippen LogP) is 1.12. The van der Waals surface area contributed by atoms with Crippen molar-refractivity contribution in [2.75, 3.05) is 13.2 Å². The van der Waals surface area contributed by atoms with Crippen molar-refractivity contribution in [1.29, 1.82) is 0 Å². The molecule has 0 aliphatic heterocycles. The fraction of sp³-hybridized carbons (Fsp3) is 0.333. The molecule has 1 aromatic rings. The first-order chi connectivity index (χ1) is 8.15. The highest BCUT2D eigenvalue weighted by molar-refractivity contribution is 5.93. The van der Waals surface area contributed by atoms with Gasteiger partial charge in [-0.05, 0) is 25.1 Å². The van der Waals surface area contributed by atoms with Crippen molar-refractivity contribution in [2.24, 2.45) is 5.73 Å². The molecule has 1 rings (SSSR count). The number of para-hydroxylation sites is 1. The summed E-state index contributed by atoms with van der Waals surface area (Å²) in [5.74, 6) is -0.791. The summed E-state index contributed by atoms with van der Waals surface area (Å²) >= 11 is 0. The molecule has 0 aromatic heterocycles. The number of ether oxygens (including phenoxy) is 2. The second-order valence-corrected chi connectivity index (χ2v) is 3.37. The highest BCUT2D eigenvalue weighted by Crippen LogP contribution is 2.19. The number of rotatable bonds is 5. The van der Waals surface area contributed by atoms with Gasteiger partial charge in [-0.25, -0.2) is 4.79 Å². The molecule has 0 radical (unpaired) electrons. The quantitative estimate of drug-likeness (QED) is 0.471. The number of hydrogen-bond acceptors (Lipinski definition) is 5. The average molecular weight is 237 g/mol. The maximum absolute atomic E-state index is 11.7. The Hall–Kier alpha value is -1.88. The first kappa shape index (κ1) is 13.2. The van der Waals surface area contributed by atoms with Crippen molar-refractivity contribution in [1.82, 2.24) is 0 Å². The summed E-state index contributed by atoms with van der Waals surface area (Å²) in [6.07, 6.45) is 0.599. The van der Waals surface area contributed by atoms with E-state index in [1.807, 2.05) is 0 Å². The van der Waals surface area contributed by atoms with Crippen molar-refractivity contribution in [3.63, 3.8) is 0 Å². The van der Waals surface area contributed by atoms with Crippen LogP contribution >= 0.6 is 0 Å². The summed E-state index contributed by atoms with van der Waals surface area (Å²) in [4.78, 5) is 22.5. The number of esters is 2. The zero-order valence-corrected chi connectivity index (χ0v) is 9.64. The fourth-order valence-electron chi connectivity index (χ4n) is 1.21. The summed E-state index contributed by atoms with van der Waals surface area (Å²) in [6.45, 7) is 1.99. The molecule has 0 unspecified atom stereocenters. The zero-order chi connectivity index (χ0) is 12.7. The highest BCUT2D eigenvalue weighted by atomic mass is 16.5. The number of carbonyl (C=O) groups is 2. The summed E-state index contributed by atoms with van der Waals surface area (Å²) < 4.78 is 9.89. The van der Waals surface area contributed by atoms with Crippen LogP contribution in [0.2, 0.25) is 0 Å². The van der Waals surface area contributed by atoms with Crippen LogP contribution < -0.4 is 10.5 Å². The van der Waals surface area contributed by atoms with E-state index < -0.39 is 11.9 Å². The average Bonchev–Trinajstić information content (AvgIpc) is 2.29. The zero-order valence-electron chi connectivity index (χ0n) is 9.64. The lowest BCUT2D eigenvalue weighted by molar-refractivity contribution is -0.131. The smallest absolute Gasteiger partial charge is 0.341 e. The first-order valence-electron chi connectivity index (χ1n) is 5.29. The molecular formula is C12H15NO4. The Labute approximate surface area is 99.5 Å². The Morgan fingerprint density at radius 2 is 2.00 bits per heavy atom. The van der Waals surface area contributed by atoms with Crippen LogP contribution in [0, 0.1) is 0 Å². The molecule has 0 atom stereocenters. The summed E-state index contributed by atoms with van der Waals surface area (Å²) in [7, 11) is 0. The van der Waals surface area contributed by atoms with Gasteiger partial charge >= 0.3 is 11.9 Å². The Bertz CT molecular complexity index is 403. The molecule has 1 aromatic carbocycles. The van der Waals surface area contributed by atoms with Gasteiger partial charge in [-0.3, -0.25) is 4.79 Å². The lowest BCUT2D eigenvalue weighted by Crippen LogP contribution is -2.12. The molecule has 0 saturated carbocycles. The van der Waals surface area contributed by atoms with Crippen LogP contribution in [0.5, 0.6) is 5.75 Å². The van der Waals surface area contributed by atoms with Crippen molar-refractivity contribution < 1.29 is 19.1 Å². The monoisotopic (exact) mass is 237 g/mol. The Kier molecular flexibility index (Phi) is 5.16. The lowest BCUT2D eigenvalue weighted by atomic mass is 10.2. The third-order valence-electron chi connectivity index (χ3n) is 1.94. The lowest BCUT2D eigenvalue weighted by Gasteiger charge is -2.08. The Morgan fingerprint density at radius 1 is 1.29 bits per heavy atom. The van der Waals surface area contributed by atoms with Gasteiger partial charge in [0.05, 0.1) is 6.61 Å². The van der Waals surface area contributed by atoms with Crippen LogP contribution in [0.4, 0.5) is 0 Å². The molecule has 0 bridgehead atoms. The van der Waals surface area contributed by atoms with Crippen LogP contribution in [0.15, 0.2) is 24.3 Å². The SMILES string of the molecule is CC(=O)Oc1ccccc1C(=O)OCCCN. The maximum atomic E-state index is 11.7. The van der Waals surface area contributed by atoms with Crippen LogP contribution in [0.1, 0.15) is 23.7 Å². The van der Waals surface area contributed by atoms with Gasteiger partial charge in [0.15, 0.2) is 0 Å². The van der Waals surface area contributed by atoms with Gasteiger partial charge in [0.2, 0.25) is 0 Å². The van der Waals surface area contributed by atoms with E-state index in [-0.39, 0.29) is 17.9 Å². The van der Waals surface area contributed by atoms with Crippen LogP contribution in [-0.4, -0.2) is 25.1 Å². The normalized spacial score (nSPS) is 9.76. The van der Waals surface area contributed by atoms with Gasteiger partial charge in [0, 0.05) is 6.92 Å². The minimum atomic E-state index is -0.518. The number of benzene rings is 1. The molecule has 0 amide bonds. The molecule has 17 heavy (non-hydrogen) atoms. The molecule has 0 spiro atoms. The van der Waals surface area contributed by atoms with Crippen molar-refractivity contribution in [3.05, 3.63) is 29.8 Å². The van der Waals surface area contributed by atoms with E-state index in [0.29, 0.717) is 13.0 Å². The van der Waals surface area contributed by atoms with Crippen LogP contribution in [0.3, 0.4) is 0 Å². The van der Waals surface area contributed by atoms with E-state index in [4.69, 9.17) is 15.2 Å². The van der Waals surface area contributed by atoms with E-state index in [0.717, 1.165) is 0 Å². The first-order valence-corrected chi connectivity index (χ1v) is 5.29. The minimum Gasteiger partial charge on any atom is -0.462 e. The van der Waals surface area contributed by atoms with E-state index >= 15 is 0 Å². The van der Waals surface area contributed by atoms with Crippen molar-refractivity contribution in [3.8, 4) is 5.75 Å².